The van der Waals surface area contributed by atoms with Crippen LogP contribution in [0.1, 0.15) is 27.1 Å². The second-order valence-electron chi connectivity index (χ2n) is 3.86. The maximum Gasteiger partial charge on any atom is 0.125 e. The van der Waals surface area contributed by atoms with Crippen molar-refractivity contribution in [3.8, 4) is 0 Å². The highest BCUT2D eigenvalue weighted by molar-refractivity contribution is 7.11. The average molecular weight is 249 g/mol. The summed E-state index contributed by atoms with van der Waals surface area (Å²) in [4.78, 5) is 14.1. The van der Waals surface area contributed by atoms with Gasteiger partial charge in [0.2, 0.25) is 0 Å². The summed E-state index contributed by atoms with van der Waals surface area (Å²) >= 11 is 1.65. The Balaban J connectivity index is 2.16. The van der Waals surface area contributed by atoms with Crippen molar-refractivity contribution in [3.05, 3.63) is 39.4 Å². The Hall–Kier alpha value is -1.33. The van der Waals surface area contributed by atoms with Gasteiger partial charge in [0.1, 0.15) is 5.82 Å². The van der Waals surface area contributed by atoms with Gasteiger partial charge in [-0.1, -0.05) is 0 Å². The number of rotatable bonds is 4. The summed E-state index contributed by atoms with van der Waals surface area (Å²) in [5.41, 5.74) is 2.01. The number of nitrogens with zero attached hydrogens (tertiary/aromatic N) is 3. The van der Waals surface area contributed by atoms with Crippen molar-refractivity contribution in [3.63, 3.8) is 0 Å². The first-order valence-electron chi connectivity index (χ1n) is 5.53. The minimum atomic E-state index is 0.176. The van der Waals surface area contributed by atoms with Gasteiger partial charge in [0.25, 0.3) is 0 Å². The zero-order valence-electron chi connectivity index (χ0n) is 9.97. The Morgan fingerprint density at radius 1 is 1.29 bits per heavy atom. The smallest absolute Gasteiger partial charge is 0.125 e. The van der Waals surface area contributed by atoms with E-state index in [0.29, 0.717) is 6.42 Å². The Morgan fingerprint density at radius 2 is 2.12 bits per heavy atom. The molecule has 2 aromatic heterocycles. The van der Waals surface area contributed by atoms with E-state index in [9.17, 15) is 0 Å². The molecule has 1 N–H and O–H groups in total. The minimum Gasteiger partial charge on any atom is -0.396 e. The molecule has 0 saturated heterocycles. The molecule has 5 heteroatoms. The molecule has 0 aliphatic rings. The summed E-state index contributed by atoms with van der Waals surface area (Å²) in [6.07, 6.45) is 3.19. The third-order valence-electron chi connectivity index (χ3n) is 2.44. The van der Waals surface area contributed by atoms with E-state index in [4.69, 9.17) is 5.11 Å². The molecule has 0 aliphatic heterocycles. The molecule has 0 saturated carbocycles. The lowest BCUT2D eigenvalue weighted by Gasteiger charge is -1.97. The van der Waals surface area contributed by atoms with Crippen LogP contribution >= 0.6 is 11.3 Å². The van der Waals surface area contributed by atoms with Crippen LogP contribution in [0.5, 0.6) is 0 Å². The minimum absolute atomic E-state index is 0.176. The van der Waals surface area contributed by atoms with Gasteiger partial charge in [-0.25, -0.2) is 15.0 Å². The van der Waals surface area contributed by atoms with E-state index in [1.54, 1.807) is 17.5 Å². The van der Waals surface area contributed by atoms with E-state index in [1.165, 1.54) is 0 Å². The Labute approximate surface area is 104 Å². The highest BCUT2D eigenvalue weighted by Gasteiger charge is 2.08. The zero-order valence-corrected chi connectivity index (χ0v) is 10.8. The third kappa shape index (κ3) is 3.08. The molecule has 0 bridgehead atoms. The van der Waals surface area contributed by atoms with Crippen molar-refractivity contribution in [2.24, 2.45) is 0 Å². The van der Waals surface area contributed by atoms with E-state index in [0.717, 1.165) is 33.5 Å². The molecular formula is C12H15N3OS. The number of hydrogen-bond acceptors (Lipinski definition) is 5. The summed E-state index contributed by atoms with van der Waals surface area (Å²) in [6.45, 7) is 4.04. The first kappa shape index (κ1) is 12.1. The van der Waals surface area contributed by atoms with Crippen LogP contribution in [0.4, 0.5) is 0 Å². The summed E-state index contributed by atoms with van der Waals surface area (Å²) in [5.74, 6) is 0.784. The van der Waals surface area contributed by atoms with Gasteiger partial charge < -0.3 is 5.11 Å². The number of aromatic nitrogens is 3. The predicted molar refractivity (Wildman–Crippen MR) is 67.2 cm³/mol. The van der Waals surface area contributed by atoms with Crippen LogP contribution in [0.15, 0.2) is 12.3 Å². The summed E-state index contributed by atoms with van der Waals surface area (Å²) in [5, 5.41) is 9.98. The molecule has 90 valence electrons. The molecule has 0 unspecified atom stereocenters. The van der Waals surface area contributed by atoms with E-state index >= 15 is 0 Å². The van der Waals surface area contributed by atoms with E-state index < -0.39 is 0 Å². The van der Waals surface area contributed by atoms with Gasteiger partial charge >= 0.3 is 0 Å². The lowest BCUT2D eigenvalue weighted by atomic mass is 10.3. The fourth-order valence-electron chi connectivity index (χ4n) is 1.66. The highest BCUT2D eigenvalue weighted by atomic mass is 32.1. The van der Waals surface area contributed by atoms with Gasteiger partial charge in [-0.3, -0.25) is 0 Å². The molecule has 0 spiro atoms. The maximum atomic E-state index is 8.94. The lowest BCUT2D eigenvalue weighted by Crippen LogP contribution is -1.95. The molecule has 4 nitrogen and oxygen atoms in total. The predicted octanol–water partition coefficient (Wildman–Crippen LogP) is 1.68. The second-order valence-corrected chi connectivity index (χ2v) is 5.03. The maximum absolute atomic E-state index is 8.94. The quantitative estimate of drug-likeness (QED) is 0.895. The fourth-order valence-corrected chi connectivity index (χ4v) is 2.73. The van der Waals surface area contributed by atoms with Crippen molar-refractivity contribution >= 4 is 11.3 Å². The summed E-state index contributed by atoms with van der Waals surface area (Å²) < 4.78 is 0. The van der Waals surface area contributed by atoms with E-state index in [2.05, 4.69) is 15.0 Å². The van der Waals surface area contributed by atoms with Crippen molar-refractivity contribution in [1.82, 2.24) is 15.0 Å². The van der Waals surface area contributed by atoms with Gasteiger partial charge in [0, 0.05) is 30.5 Å². The molecular weight excluding hydrogens is 234 g/mol. The molecule has 0 aromatic carbocycles. The number of thiazole rings is 1. The molecule has 17 heavy (non-hydrogen) atoms. The van der Waals surface area contributed by atoms with Crippen molar-refractivity contribution < 1.29 is 5.11 Å². The average Bonchev–Trinajstić information content (AvgIpc) is 2.60. The number of aliphatic hydroxyl groups excluding tert-OH is 1. The number of hydrogen-bond donors (Lipinski definition) is 1. The monoisotopic (exact) mass is 249 g/mol. The van der Waals surface area contributed by atoms with Gasteiger partial charge in [0.05, 0.1) is 16.4 Å². The SMILES string of the molecule is Cc1nccc(Cc2nc(C)c(CCO)s2)n1. The van der Waals surface area contributed by atoms with Crippen LogP contribution in [0, 0.1) is 13.8 Å². The van der Waals surface area contributed by atoms with Crippen LogP contribution in [-0.2, 0) is 12.8 Å². The number of aryl methyl sites for hydroxylation is 2. The van der Waals surface area contributed by atoms with Gasteiger partial charge in [-0.15, -0.1) is 11.3 Å². The third-order valence-corrected chi connectivity index (χ3v) is 3.66. The molecule has 0 fully saturated rings. The first-order chi connectivity index (χ1) is 8.19. The van der Waals surface area contributed by atoms with Crippen molar-refractivity contribution in [1.29, 1.82) is 0 Å². The zero-order chi connectivity index (χ0) is 12.3. The molecule has 2 heterocycles. The molecule has 0 atom stereocenters. The molecule has 2 aromatic rings. The van der Waals surface area contributed by atoms with Crippen LogP contribution in [0.2, 0.25) is 0 Å². The van der Waals surface area contributed by atoms with Crippen LogP contribution in [-0.4, -0.2) is 26.7 Å². The van der Waals surface area contributed by atoms with Gasteiger partial charge in [-0.05, 0) is 19.9 Å². The van der Waals surface area contributed by atoms with Gasteiger partial charge in [0.15, 0.2) is 0 Å². The van der Waals surface area contributed by atoms with Crippen molar-refractivity contribution in [2.75, 3.05) is 6.61 Å². The Bertz CT molecular complexity index is 510. The fraction of sp³-hybridized carbons (Fsp3) is 0.417. The molecule has 0 aliphatic carbocycles. The Kier molecular flexibility index (Phi) is 3.81. The van der Waals surface area contributed by atoms with Crippen molar-refractivity contribution in [2.45, 2.75) is 26.7 Å². The lowest BCUT2D eigenvalue weighted by molar-refractivity contribution is 0.300. The largest absolute Gasteiger partial charge is 0.396 e. The van der Waals surface area contributed by atoms with Gasteiger partial charge in [-0.2, -0.15) is 0 Å². The van der Waals surface area contributed by atoms with Crippen LogP contribution in [0.3, 0.4) is 0 Å². The standard InChI is InChI=1S/C12H15N3OS/c1-8-11(4-6-16)17-12(14-8)7-10-3-5-13-9(2)15-10/h3,5,16H,4,6-7H2,1-2H3. The topological polar surface area (TPSA) is 58.9 Å². The normalized spacial score (nSPS) is 10.8. The number of aliphatic hydroxyl groups is 1. The summed E-state index contributed by atoms with van der Waals surface area (Å²) in [7, 11) is 0. The Morgan fingerprint density at radius 3 is 2.82 bits per heavy atom. The highest BCUT2D eigenvalue weighted by Crippen LogP contribution is 2.20. The molecule has 0 amide bonds. The van der Waals surface area contributed by atoms with E-state index in [1.807, 2.05) is 19.9 Å². The molecule has 2 rings (SSSR count). The summed E-state index contributed by atoms with van der Waals surface area (Å²) in [6, 6.07) is 1.91. The first-order valence-corrected chi connectivity index (χ1v) is 6.35. The van der Waals surface area contributed by atoms with E-state index in [-0.39, 0.29) is 6.61 Å². The van der Waals surface area contributed by atoms with Crippen LogP contribution in [0.25, 0.3) is 0 Å². The molecule has 0 radical (unpaired) electrons. The van der Waals surface area contributed by atoms with Crippen LogP contribution < -0.4 is 0 Å². The second kappa shape index (κ2) is 5.33.